The normalized spacial score (nSPS) is 10.4. The Kier molecular flexibility index (Phi) is 5.64. The fourth-order valence-corrected chi connectivity index (χ4v) is 1.36. The van der Waals surface area contributed by atoms with E-state index in [0.29, 0.717) is 36.3 Å². The monoisotopic (exact) mass is 271 g/mol. The Morgan fingerprint density at radius 1 is 1.56 bits per heavy atom. The van der Waals surface area contributed by atoms with E-state index in [4.69, 9.17) is 17.3 Å². The van der Waals surface area contributed by atoms with E-state index >= 15 is 0 Å². The lowest BCUT2D eigenvalue weighted by molar-refractivity contribution is -0.120. The average molecular weight is 272 g/mol. The molecular formula is C11H18ClN5O. The van der Waals surface area contributed by atoms with E-state index in [2.05, 4.69) is 20.6 Å². The van der Waals surface area contributed by atoms with E-state index < -0.39 is 0 Å². The number of nitrogens with zero attached hydrogens (tertiary/aromatic N) is 2. The topological polar surface area (TPSA) is 92.9 Å². The molecule has 100 valence electrons. The molecule has 1 rings (SSSR count). The van der Waals surface area contributed by atoms with Gasteiger partial charge in [0.05, 0.1) is 6.20 Å². The molecule has 1 aromatic heterocycles. The molecule has 4 N–H and O–H groups in total. The van der Waals surface area contributed by atoms with Gasteiger partial charge < -0.3 is 16.4 Å². The van der Waals surface area contributed by atoms with Crippen LogP contribution in [0, 0.1) is 5.92 Å². The smallest absolute Gasteiger partial charge is 0.222 e. The molecule has 0 saturated heterocycles. The number of rotatable bonds is 6. The summed E-state index contributed by atoms with van der Waals surface area (Å²) in [6.45, 7) is 5.21. The zero-order valence-corrected chi connectivity index (χ0v) is 11.3. The molecule has 1 heterocycles. The zero-order valence-electron chi connectivity index (χ0n) is 10.5. The summed E-state index contributed by atoms with van der Waals surface area (Å²) in [6.07, 6.45) is 1.78. The highest BCUT2D eigenvalue weighted by Gasteiger charge is 2.05. The van der Waals surface area contributed by atoms with Crippen LogP contribution < -0.4 is 16.4 Å². The number of aromatic nitrogens is 2. The highest BCUT2D eigenvalue weighted by molar-refractivity contribution is 6.32. The van der Waals surface area contributed by atoms with Gasteiger partial charge in [-0.15, -0.1) is 0 Å². The molecule has 0 spiro atoms. The van der Waals surface area contributed by atoms with Crippen LogP contribution >= 0.6 is 11.6 Å². The second kappa shape index (κ2) is 7.00. The molecule has 0 aliphatic carbocycles. The minimum absolute atomic E-state index is 0.00523. The van der Waals surface area contributed by atoms with E-state index in [-0.39, 0.29) is 11.9 Å². The number of hydrogen-bond acceptors (Lipinski definition) is 5. The number of nitrogens with one attached hydrogen (secondary N) is 2. The van der Waals surface area contributed by atoms with Crippen molar-refractivity contribution in [2.75, 3.05) is 24.1 Å². The maximum absolute atomic E-state index is 11.4. The molecular weight excluding hydrogens is 254 g/mol. The van der Waals surface area contributed by atoms with E-state index in [9.17, 15) is 4.79 Å². The van der Waals surface area contributed by atoms with Gasteiger partial charge in [0.2, 0.25) is 11.9 Å². The summed E-state index contributed by atoms with van der Waals surface area (Å²) in [5.41, 5.74) is 5.44. The lowest BCUT2D eigenvalue weighted by Crippen LogP contribution is -2.28. The number of carbonyl (C=O) groups excluding carboxylic acids is 1. The maximum atomic E-state index is 11.4. The third-order valence-electron chi connectivity index (χ3n) is 2.11. The number of hydrogen-bond donors (Lipinski definition) is 3. The molecule has 7 heteroatoms. The molecule has 18 heavy (non-hydrogen) atoms. The summed E-state index contributed by atoms with van der Waals surface area (Å²) in [5, 5.41) is 6.15. The highest BCUT2D eigenvalue weighted by atomic mass is 35.5. The summed E-state index contributed by atoms with van der Waals surface area (Å²) in [7, 11) is 0. The Labute approximate surface area is 111 Å². The molecule has 0 saturated carbocycles. The van der Waals surface area contributed by atoms with Gasteiger partial charge in [0.1, 0.15) is 10.8 Å². The third-order valence-corrected chi connectivity index (χ3v) is 2.39. The highest BCUT2D eigenvalue weighted by Crippen LogP contribution is 2.17. The number of carbonyl (C=O) groups is 1. The second-order valence-corrected chi connectivity index (χ2v) is 4.71. The van der Waals surface area contributed by atoms with Crippen LogP contribution in [0.4, 0.5) is 11.8 Å². The van der Waals surface area contributed by atoms with Gasteiger partial charge in [-0.2, -0.15) is 4.98 Å². The number of halogens is 1. The summed E-state index contributed by atoms with van der Waals surface area (Å²) in [5.74, 6) is 1.03. The van der Waals surface area contributed by atoms with Crippen molar-refractivity contribution in [2.24, 2.45) is 5.92 Å². The minimum Gasteiger partial charge on any atom is -0.368 e. The van der Waals surface area contributed by atoms with Gasteiger partial charge in [0.15, 0.2) is 0 Å². The molecule has 0 aliphatic rings. The number of amides is 1. The summed E-state index contributed by atoms with van der Waals surface area (Å²) < 4.78 is 0. The van der Waals surface area contributed by atoms with Crippen molar-refractivity contribution in [1.29, 1.82) is 0 Å². The van der Waals surface area contributed by atoms with Crippen molar-refractivity contribution >= 4 is 29.3 Å². The van der Waals surface area contributed by atoms with Gasteiger partial charge in [-0.1, -0.05) is 25.4 Å². The van der Waals surface area contributed by atoms with Crippen LogP contribution in [0.1, 0.15) is 20.3 Å². The molecule has 0 radical (unpaired) electrons. The fourth-order valence-electron chi connectivity index (χ4n) is 1.21. The summed E-state index contributed by atoms with van der Waals surface area (Å²) >= 11 is 5.87. The average Bonchev–Trinajstić information content (AvgIpc) is 2.31. The van der Waals surface area contributed by atoms with E-state index in [1.807, 2.05) is 13.8 Å². The van der Waals surface area contributed by atoms with Gasteiger partial charge in [0, 0.05) is 19.5 Å². The fraction of sp³-hybridized carbons (Fsp3) is 0.545. The van der Waals surface area contributed by atoms with Crippen LogP contribution in [0.25, 0.3) is 0 Å². The first-order valence-corrected chi connectivity index (χ1v) is 6.15. The Bertz CT molecular complexity index is 410. The lowest BCUT2D eigenvalue weighted by Gasteiger charge is -2.09. The zero-order chi connectivity index (χ0) is 13.5. The van der Waals surface area contributed by atoms with Gasteiger partial charge in [-0.3, -0.25) is 4.79 Å². The van der Waals surface area contributed by atoms with E-state index in [1.165, 1.54) is 6.20 Å². The summed E-state index contributed by atoms with van der Waals surface area (Å²) in [4.78, 5) is 19.1. The van der Waals surface area contributed by atoms with Crippen molar-refractivity contribution in [3.8, 4) is 0 Å². The number of nitrogen functional groups attached to an aromatic ring is 1. The Hall–Kier alpha value is -1.56. The van der Waals surface area contributed by atoms with Crippen LogP contribution in [-0.2, 0) is 4.79 Å². The van der Waals surface area contributed by atoms with E-state index in [0.717, 1.165) is 0 Å². The molecule has 6 nitrogen and oxygen atoms in total. The van der Waals surface area contributed by atoms with Crippen LogP contribution in [0.2, 0.25) is 5.02 Å². The van der Waals surface area contributed by atoms with E-state index in [1.54, 1.807) is 0 Å². The molecule has 0 unspecified atom stereocenters. The Morgan fingerprint density at radius 2 is 2.28 bits per heavy atom. The lowest BCUT2D eigenvalue weighted by atomic mass is 10.2. The first kappa shape index (κ1) is 14.5. The van der Waals surface area contributed by atoms with Gasteiger partial charge >= 0.3 is 0 Å². The van der Waals surface area contributed by atoms with Crippen molar-refractivity contribution in [3.05, 3.63) is 11.2 Å². The van der Waals surface area contributed by atoms with Crippen molar-refractivity contribution in [3.63, 3.8) is 0 Å². The molecule has 0 aromatic carbocycles. The van der Waals surface area contributed by atoms with Crippen LogP contribution in [-0.4, -0.2) is 29.0 Å². The largest absolute Gasteiger partial charge is 0.368 e. The number of anilines is 2. The quantitative estimate of drug-likeness (QED) is 0.725. The molecule has 0 fully saturated rings. The standard InChI is InChI=1S/C11H18ClN5O/c1-7(2)5-15-9(18)3-4-14-10-8(12)6-16-11(13)17-10/h6-7H,3-5H2,1-2H3,(H,15,18)(H3,13,14,16,17). The second-order valence-electron chi connectivity index (χ2n) is 4.30. The predicted molar refractivity (Wildman–Crippen MR) is 72.4 cm³/mol. The molecule has 1 amide bonds. The molecule has 1 aromatic rings. The summed E-state index contributed by atoms with van der Waals surface area (Å²) in [6, 6.07) is 0. The van der Waals surface area contributed by atoms with Crippen molar-refractivity contribution in [1.82, 2.24) is 15.3 Å². The first-order valence-electron chi connectivity index (χ1n) is 5.77. The Balaban J connectivity index is 2.33. The van der Waals surface area contributed by atoms with Crippen molar-refractivity contribution < 1.29 is 4.79 Å². The van der Waals surface area contributed by atoms with Gasteiger partial charge in [-0.25, -0.2) is 4.98 Å². The van der Waals surface area contributed by atoms with Gasteiger partial charge in [-0.05, 0) is 5.92 Å². The maximum Gasteiger partial charge on any atom is 0.222 e. The SMILES string of the molecule is CC(C)CNC(=O)CCNc1nc(N)ncc1Cl. The van der Waals surface area contributed by atoms with Crippen LogP contribution in [0.15, 0.2) is 6.20 Å². The first-order chi connectivity index (χ1) is 8.49. The van der Waals surface area contributed by atoms with Crippen LogP contribution in [0.5, 0.6) is 0 Å². The van der Waals surface area contributed by atoms with Crippen LogP contribution in [0.3, 0.4) is 0 Å². The van der Waals surface area contributed by atoms with Crippen molar-refractivity contribution in [2.45, 2.75) is 20.3 Å². The Morgan fingerprint density at radius 3 is 2.94 bits per heavy atom. The molecule has 0 bridgehead atoms. The minimum atomic E-state index is -0.00523. The third kappa shape index (κ3) is 5.18. The van der Waals surface area contributed by atoms with Gasteiger partial charge in [0.25, 0.3) is 0 Å². The molecule has 0 aliphatic heterocycles. The number of nitrogens with two attached hydrogens (primary N) is 1. The molecule has 0 atom stereocenters. The predicted octanol–water partition coefficient (Wildman–Crippen LogP) is 1.29.